The maximum absolute atomic E-state index is 11.8. The Hall–Kier alpha value is -0.290. The molecular weight excluding hydrogens is 241 g/mol. The van der Waals surface area contributed by atoms with Gasteiger partial charge in [-0.25, -0.2) is 0 Å². The Morgan fingerprint density at radius 1 is 0.833 bits per heavy atom. The number of rotatable bonds is 11. The van der Waals surface area contributed by atoms with Crippen molar-refractivity contribution in [3.05, 3.63) is 0 Å². The zero-order chi connectivity index (χ0) is 13.9. The zero-order valence-corrected chi connectivity index (χ0v) is 11.6. The topological polar surface area (TPSA) is 24.1 Å². The summed E-state index contributed by atoms with van der Waals surface area (Å²) in [6.07, 6.45) is 2.04. The van der Waals surface area contributed by atoms with Crippen molar-refractivity contribution in [2.75, 3.05) is 26.2 Å². The van der Waals surface area contributed by atoms with Crippen LogP contribution in [0, 0.1) is 5.92 Å². The van der Waals surface area contributed by atoms with Crippen LogP contribution in [0.25, 0.3) is 0 Å². The first-order chi connectivity index (χ1) is 8.42. The van der Waals surface area contributed by atoms with E-state index in [1.165, 1.54) is 25.7 Å². The molecule has 110 valence electrons. The highest BCUT2D eigenvalue weighted by atomic mass is 19.4. The third kappa shape index (κ3) is 15.7. The van der Waals surface area contributed by atoms with Crippen LogP contribution in [0.3, 0.4) is 0 Å². The van der Waals surface area contributed by atoms with Crippen LogP contribution in [0.1, 0.15) is 46.0 Å². The third-order valence-electron chi connectivity index (χ3n) is 2.69. The van der Waals surface area contributed by atoms with E-state index in [1.54, 1.807) is 0 Å². The molecule has 0 unspecified atom stereocenters. The summed E-state index contributed by atoms with van der Waals surface area (Å²) < 4.78 is 35.3. The summed E-state index contributed by atoms with van der Waals surface area (Å²) in [6, 6.07) is 0. The predicted molar refractivity (Wildman–Crippen MR) is 69.7 cm³/mol. The molecule has 0 spiro atoms. The van der Waals surface area contributed by atoms with Crippen molar-refractivity contribution < 1.29 is 13.2 Å². The average molecular weight is 268 g/mol. The standard InChI is InChI=1S/C13H27F3N2/c1-12(2)7-5-3-4-6-8-17-9-10-18-11-13(14,15)16/h12,17-18H,3-11H2,1-2H3. The molecule has 2 nitrogen and oxygen atoms in total. The van der Waals surface area contributed by atoms with E-state index in [1.807, 2.05) is 0 Å². The highest BCUT2D eigenvalue weighted by Crippen LogP contribution is 2.11. The lowest BCUT2D eigenvalue weighted by Gasteiger charge is -2.09. The van der Waals surface area contributed by atoms with Gasteiger partial charge >= 0.3 is 6.18 Å². The first-order valence-electron chi connectivity index (χ1n) is 6.90. The number of unbranched alkanes of at least 4 members (excludes halogenated alkanes) is 3. The highest BCUT2D eigenvalue weighted by Gasteiger charge is 2.25. The second kappa shape index (κ2) is 10.6. The summed E-state index contributed by atoms with van der Waals surface area (Å²) in [5.74, 6) is 0.780. The SMILES string of the molecule is CC(C)CCCCCCNCCNCC(F)(F)F. The molecule has 0 heterocycles. The van der Waals surface area contributed by atoms with Crippen LogP contribution >= 0.6 is 0 Å². The molecule has 0 atom stereocenters. The van der Waals surface area contributed by atoms with E-state index in [4.69, 9.17) is 0 Å². The molecule has 0 radical (unpaired) electrons. The second-order valence-corrected chi connectivity index (χ2v) is 5.14. The molecule has 0 aliphatic rings. The number of hydrogen-bond donors (Lipinski definition) is 2. The summed E-state index contributed by atoms with van der Waals surface area (Å²) in [5.41, 5.74) is 0. The summed E-state index contributed by atoms with van der Waals surface area (Å²) in [6.45, 7) is 5.43. The van der Waals surface area contributed by atoms with E-state index in [0.717, 1.165) is 18.9 Å². The highest BCUT2D eigenvalue weighted by molar-refractivity contribution is 4.57. The summed E-state index contributed by atoms with van der Waals surface area (Å²) in [7, 11) is 0. The second-order valence-electron chi connectivity index (χ2n) is 5.14. The van der Waals surface area contributed by atoms with Gasteiger partial charge in [-0.1, -0.05) is 39.5 Å². The van der Waals surface area contributed by atoms with E-state index in [9.17, 15) is 13.2 Å². The Labute approximate surface area is 109 Å². The molecule has 18 heavy (non-hydrogen) atoms. The predicted octanol–water partition coefficient (Wildman–Crippen LogP) is 3.33. The Kier molecular flexibility index (Phi) is 10.4. The minimum atomic E-state index is -4.10. The molecular formula is C13H27F3N2. The van der Waals surface area contributed by atoms with Crippen LogP contribution in [0.15, 0.2) is 0 Å². The number of hydrogen-bond acceptors (Lipinski definition) is 2. The smallest absolute Gasteiger partial charge is 0.315 e. The Morgan fingerprint density at radius 3 is 2.06 bits per heavy atom. The molecule has 0 saturated carbocycles. The molecule has 5 heteroatoms. The lowest BCUT2D eigenvalue weighted by molar-refractivity contribution is -0.124. The molecule has 0 fully saturated rings. The molecule has 0 saturated heterocycles. The lowest BCUT2D eigenvalue weighted by Crippen LogP contribution is -2.34. The van der Waals surface area contributed by atoms with Crippen LogP contribution in [-0.2, 0) is 0 Å². The van der Waals surface area contributed by atoms with Crippen LogP contribution in [0.5, 0.6) is 0 Å². The number of halogens is 3. The molecule has 2 N–H and O–H groups in total. The molecule has 0 aromatic heterocycles. The fourth-order valence-electron chi connectivity index (χ4n) is 1.69. The van der Waals surface area contributed by atoms with Gasteiger partial charge in [0.05, 0.1) is 6.54 Å². The van der Waals surface area contributed by atoms with Crippen molar-refractivity contribution >= 4 is 0 Å². The summed E-state index contributed by atoms with van der Waals surface area (Å²) >= 11 is 0. The van der Waals surface area contributed by atoms with Crippen LogP contribution in [0.2, 0.25) is 0 Å². The monoisotopic (exact) mass is 268 g/mol. The van der Waals surface area contributed by atoms with Gasteiger partial charge in [-0.3, -0.25) is 0 Å². The molecule has 0 amide bonds. The van der Waals surface area contributed by atoms with E-state index >= 15 is 0 Å². The van der Waals surface area contributed by atoms with Gasteiger partial charge < -0.3 is 10.6 Å². The van der Waals surface area contributed by atoms with Crippen molar-refractivity contribution in [2.45, 2.75) is 52.1 Å². The fraction of sp³-hybridized carbons (Fsp3) is 1.00. The molecule has 0 aromatic rings. The van der Waals surface area contributed by atoms with E-state index in [0.29, 0.717) is 13.1 Å². The number of alkyl halides is 3. The Bertz CT molecular complexity index is 182. The van der Waals surface area contributed by atoms with Crippen molar-refractivity contribution in [2.24, 2.45) is 5.92 Å². The Morgan fingerprint density at radius 2 is 1.44 bits per heavy atom. The van der Waals surface area contributed by atoms with E-state index in [-0.39, 0.29) is 0 Å². The fourth-order valence-corrected chi connectivity index (χ4v) is 1.69. The van der Waals surface area contributed by atoms with Crippen molar-refractivity contribution in [3.8, 4) is 0 Å². The van der Waals surface area contributed by atoms with Crippen LogP contribution in [-0.4, -0.2) is 32.4 Å². The normalized spacial score (nSPS) is 12.3. The van der Waals surface area contributed by atoms with E-state index in [2.05, 4.69) is 24.5 Å². The molecule has 0 aromatic carbocycles. The minimum absolute atomic E-state index is 0.368. The van der Waals surface area contributed by atoms with Gasteiger partial charge in [0, 0.05) is 13.1 Å². The third-order valence-corrected chi connectivity index (χ3v) is 2.69. The average Bonchev–Trinajstić information content (AvgIpc) is 2.24. The van der Waals surface area contributed by atoms with Crippen LogP contribution in [0.4, 0.5) is 13.2 Å². The lowest BCUT2D eigenvalue weighted by atomic mass is 10.0. The zero-order valence-electron chi connectivity index (χ0n) is 11.6. The summed E-state index contributed by atoms with van der Waals surface area (Å²) in [4.78, 5) is 0. The molecule has 0 aliphatic heterocycles. The van der Waals surface area contributed by atoms with Crippen molar-refractivity contribution in [1.82, 2.24) is 10.6 Å². The summed E-state index contributed by atoms with van der Waals surface area (Å²) in [5, 5.41) is 5.50. The first kappa shape index (κ1) is 17.7. The van der Waals surface area contributed by atoms with Gasteiger partial charge in [0.25, 0.3) is 0 Å². The van der Waals surface area contributed by atoms with E-state index < -0.39 is 12.7 Å². The maximum Gasteiger partial charge on any atom is 0.401 e. The van der Waals surface area contributed by atoms with Gasteiger partial charge in [-0.2, -0.15) is 13.2 Å². The van der Waals surface area contributed by atoms with Crippen LogP contribution < -0.4 is 10.6 Å². The molecule has 0 bridgehead atoms. The van der Waals surface area contributed by atoms with Gasteiger partial charge in [-0.05, 0) is 18.9 Å². The van der Waals surface area contributed by atoms with Gasteiger partial charge in [0.15, 0.2) is 0 Å². The minimum Gasteiger partial charge on any atom is -0.315 e. The van der Waals surface area contributed by atoms with Gasteiger partial charge in [-0.15, -0.1) is 0 Å². The van der Waals surface area contributed by atoms with Gasteiger partial charge in [0.1, 0.15) is 0 Å². The first-order valence-corrected chi connectivity index (χ1v) is 6.90. The van der Waals surface area contributed by atoms with Crippen molar-refractivity contribution in [1.29, 1.82) is 0 Å². The quantitative estimate of drug-likeness (QED) is 0.562. The maximum atomic E-state index is 11.8. The largest absolute Gasteiger partial charge is 0.401 e. The van der Waals surface area contributed by atoms with Gasteiger partial charge in [0.2, 0.25) is 0 Å². The molecule has 0 aliphatic carbocycles. The Balaban J connectivity index is 3.04. The van der Waals surface area contributed by atoms with Crippen molar-refractivity contribution in [3.63, 3.8) is 0 Å². The molecule has 0 rings (SSSR count). The number of nitrogens with one attached hydrogen (secondary N) is 2.